The van der Waals surface area contributed by atoms with Gasteiger partial charge in [-0.3, -0.25) is 19.4 Å². The van der Waals surface area contributed by atoms with E-state index in [1.165, 1.54) is 11.8 Å². The van der Waals surface area contributed by atoms with Crippen LogP contribution in [0.5, 0.6) is 0 Å². The fraction of sp³-hybridized carbons (Fsp3) is 0.130. The maximum atomic E-state index is 12.5. The van der Waals surface area contributed by atoms with E-state index >= 15 is 0 Å². The smallest absolute Gasteiger partial charge is 0.251 e. The molecule has 7 nitrogen and oxygen atoms in total. The van der Waals surface area contributed by atoms with E-state index in [-0.39, 0.29) is 24.1 Å². The van der Waals surface area contributed by atoms with Crippen molar-refractivity contribution in [3.8, 4) is 0 Å². The zero-order valence-electron chi connectivity index (χ0n) is 16.8. The van der Waals surface area contributed by atoms with Gasteiger partial charge in [-0.2, -0.15) is 0 Å². The summed E-state index contributed by atoms with van der Waals surface area (Å²) in [6.45, 7) is 0.303. The quantitative estimate of drug-likeness (QED) is 0.507. The lowest BCUT2D eigenvalue weighted by atomic mass is 10.1. The summed E-state index contributed by atoms with van der Waals surface area (Å²) in [5.74, 6) is -0.840. The lowest BCUT2D eigenvalue weighted by Crippen LogP contribution is -2.32. The normalized spacial score (nSPS) is 14.8. The van der Waals surface area contributed by atoms with E-state index in [1.807, 2.05) is 18.2 Å². The highest BCUT2D eigenvalue weighted by Crippen LogP contribution is 2.38. The van der Waals surface area contributed by atoms with Crippen LogP contribution in [-0.4, -0.2) is 28.0 Å². The summed E-state index contributed by atoms with van der Waals surface area (Å²) in [4.78, 5) is 42.4. The summed E-state index contributed by atoms with van der Waals surface area (Å²) in [5.41, 5.74) is 2.29. The van der Waals surface area contributed by atoms with E-state index in [1.54, 1.807) is 48.7 Å². The van der Waals surface area contributed by atoms with Gasteiger partial charge in [0.1, 0.15) is 0 Å². The molecular formula is C23H19ClN4O3S. The maximum Gasteiger partial charge on any atom is 0.251 e. The van der Waals surface area contributed by atoms with Crippen molar-refractivity contribution >= 4 is 52.5 Å². The number of pyridine rings is 1. The molecule has 2 aromatic carbocycles. The van der Waals surface area contributed by atoms with Crippen molar-refractivity contribution in [3.05, 3.63) is 83.1 Å². The molecule has 0 aliphatic carbocycles. The third-order valence-corrected chi connectivity index (χ3v) is 6.21. The van der Waals surface area contributed by atoms with Gasteiger partial charge in [-0.15, -0.1) is 11.8 Å². The van der Waals surface area contributed by atoms with Crippen molar-refractivity contribution in [2.75, 3.05) is 10.6 Å². The molecular weight excluding hydrogens is 448 g/mol. The Balaban J connectivity index is 1.35. The first-order chi connectivity index (χ1) is 15.5. The fourth-order valence-electron chi connectivity index (χ4n) is 3.15. The van der Waals surface area contributed by atoms with Crippen molar-refractivity contribution in [2.45, 2.75) is 23.1 Å². The molecule has 3 N–H and O–H groups in total. The number of halogens is 1. The number of nitrogens with zero attached hydrogens (tertiary/aromatic N) is 1. The molecule has 1 unspecified atom stereocenters. The molecule has 0 radical (unpaired) electrons. The number of carbonyl (C=O) groups excluding carboxylic acids is 3. The van der Waals surface area contributed by atoms with E-state index in [4.69, 9.17) is 11.6 Å². The van der Waals surface area contributed by atoms with Crippen LogP contribution in [-0.2, 0) is 16.1 Å². The van der Waals surface area contributed by atoms with Crippen LogP contribution < -0.4 is 16.0 Å². The third-order valence-electron chi connectivity index (χ3n) is 4.70. The molecule has 1 atom stereocenters. The zero-order valence-corrected chi connectivity index (χ0v) is 18.4. The van der Waals surface area contributed by atoms with Crippen LogP contribution in [0, 0.1) is 0 Å². The highest BCUT2D eigenvalue weighted by molar-refractivity contribution is 8.01. The Hall–Kier alpha value is -3.36. The number of hydrogen-bond acceptors (Lipinski definition) is 5. The van der Waals surface area contributed by atoms with Crippen LogP contribution in [0.3, 0.4) is 0 Å². The molecule has 4 rings (SSSR count). The number of fused-ring (bicyclic) bond motifs is 1. The van der Waals surface area contributed by atoms with E-state index < -0.39 is 5.25 Å². The molecule has 3 amide bonds. The molecule has 3 aromatic rings. The monoisotopic (exact) mass is 466 g/mol. The molecule has 0 saturated carbocycles. The molecule has 0 spiro atoms. The van der Waals surface area contributed by atoms with Crippen LogP contribution in [0.25, 0.3) is 0 Å². The van der Waals surface area contributed by atoms with Crippen molar-refractivity contribution in [3.63, 3.8) is 0 Å². The number of thioether (sulfide) groups is 1. The van der Waals surface area contributed by atoms with Crippen molar-refractivity contribution in [1.82, 2.24) is 10.3 Å². The average molecular weight is 467 g/mol. The van der Waals surface area contributed by atoms with Crippen LogP contribution in [0.4, 0.5) is 11.4 Å². The Morgan fingerprint density at radius 1 is 1.09 bits per heavy atom. The maximum absolute atomic E-state index is 12.5. The Kier molecular flexibility index (Phi) is 6.72. The number of aromatic nitrogens is 1. The molecule has 0 saturated heterocycles. The Morgan fingerprint density at radius 3 is 2.78 bits per heavy atom. The number of carbonyl (C=O) groups is 3. The van der Waals surface area contributed by atoms with Crippen LogP contribution in [0.15, 0.2) is 71.8 Å². The third kappa shape index (κ3) is 5.46. The van der Waals surface area contributed by atoms with Gasteiger partial charge in [0.05, 0.1) is 23.2 Å². The van der Waals surface area contributed by atoms with Gasteiger partial charge in [0.15, 0.2) is 0 Å². The first kappa shape index (κ1) is 21.9. The van der Waals surface area contributed by atoms with Crippen molar-refractivity contribution in [1.29, 1.82) is 0 Å². The highest BCUT2D eigenvalue weighted by Gasteiger charge is 2.29. The van der Waals surface area contributed by atoms with Crippen LogP contribution in [0.1, 0.15) is 22.5 Å². The fourth-order valence-corrected chi connectivity index (χ4v) is 4.41. The predicted molar refractivity (Wildman–Crippen MR) is 125 cm³/mol. The van der Waals surface area contributed by atoms with Gasteiger partial charge in [0, 0.05) is 33.8 Å². The molecule has 32 heavy (non-hydrogen) atoms. The largest absolute Gasteiger partial charge is 0.346 e. The topological polar surface area (TPSA) is 100 Å². The van der Waals surface area contributed by atoms with E-state index in [0.717, 1.165) is 10.6 Å². The number of anilines is 2. The molecule has 162 valence electrons. The number of hydrogen-bond donors (Lipinski definition) is 3. The predicted octanol–water partition coefficient (Wildman–Crippen LogP) is 4.11. The second kappa shape index (κ2) is 9.84. The SMILES string of the molecule is O=C(CC1Sc2ccc(Cl)cc2NC1=O)Nc1cccc(C(=O)NCc2ccccn2)c1. The summed E-state index contributed by atoms with van der Waals surface area (Å²) < 4.78 is 0. The first-order valence-corrected chi connectivity index (χ1v) is 11.1. The van der Waals surface area contributed by atoms with Gasteiger partial charge in [0.2, 0.25) is 11.8 Å². The second-order valence-corrected chi connectivity index (χ2v) is 8.75. The average Bonchev–Trinajstić information content (AvgIpc) is 2.79. The standard InChI is InChI=1S/C23H19ClN4O3S/c24-15-7-8-19-18(11-15)28-23(31)20(32-19)12-21(29)27-16-6-3-4-14(10-16)22(30)26-13-17-5-1-2-9-25-17/h1-11,20H,12-13H2,(H,26,30)(H,27,29)(H,28,31). The van der Waals surface area contributed by atoms with Crippen molar-refractivity contribution < 1.29 is 14.4 Å². The Labute approximate surface area is 194 Å². The highest BCUT2D eigenvalue weighted by atomic mass is 35.5. The summed E-state index contributed by atoms with van der Waals surface area (Å²) in [5, 5.41) is 8.33. The Morgan fingerprint density at radius 2 is 1.97 bits per heavy atom. The van der Waals surface area contributed by atoms with E-state index in [0.29, 0.717) is 28.5 Å². The van der Waals surface area contributed by atoms with Gasteiger partial charge in [0.25, 0.3) is 5.91 Å². The Bertz CT molecular complexity index is 1170. The molecule has 1 aliphatic rings. The van der Waals surface area contributed by atoms with Gasteiger partial charge < -0.3 is 16.0 Å². The molecule has 1 aromatic heterocycles. The number of benzene rings is 2. The van der Waals surface area contributed by atoms with E-state index in [9.17, 15) is 14.4 Å². The molecule has 0 bridgehead atoms. The second-order valence-electron chi connectivity index (χ2n) is 7.07. The molecule has 0 fully saturated rings. The minimum atomic E-state index is -0.562. The number of rotatable bonds is 6. The minimum Gasteiger partial charge on any atom is -0.346 e. The van der Waals surface area contributed by atoms with E-state index in [2.05, 4.69) is 20.9 Å². The summed E-state index contributed by atoms with van der Waals surface area (Å²) in [6, 6.07) is 17.4. The number of nitrogens with one attached hydrogen (secondary N) is 3. The van der Waals surface area contributed by atoms with Gasteiger partial charge in [-0.25, -0.2) is 0 Å². The molecule has 1 aliphatic heterocycles. The van der Waals surface area contributed by atoms with Gasteiger partial charge in [-0.05, 0) is 48.5 Å². The van der Waals surface area contributed by atoms with Crippen LogP contribution >= 0.6 is 23.4 Å². The minimum absolute atomic E-state index is 0.00529. The van der Waals surface area contributed by atoms with Crippen molar-refractivity contribution in [2.24, 2.45) is 0 Å². The summed E-state index contributed by atoms with van der Waals surface area (Å²) in [7, 11) is 0. The molecule has 2 heterocycles. The van der Waals surface area contributed by atoms with Gasteiger partial charge in [-0.1, -0.05) is 23.7 Å². The van der Waals surface area contributed by atoms with Gasteiger partial charge >= 0.3 is 0 Å². The molecule has 9 heteroatoms. The first-order valence-electron chi connectivity index (χ1n) is 9.83. The van der Waals surface area contributed by atoms with Crippen LogP contribution in [0.2, 0.25) is 5.02 Å². The lowest BCUT2D eigenvalue weighted by molar-refractivity contribution is -0.120. The lowest BCUT2D eigenvalue weighted by Gasteiger charge is -2.23. The zero-order chi connectivity index (χ0) is 22.5. The number of amides is 3. The summed E-state index contributed by atoms with van der Waals surface area (Å²) in [6.07, 6.45) is 1.66. The summed E-state index contributed by atoms with van der Waals surface area (Å²) >= 11 is 7.29.